The van der Waals surface area contributed by atoms with Crippen LogP contribution in [0.3, 0.4) is 0 Å². The first kappa shape index (κ1) is 24.8. The highest BCUT2D eigenvalue weighted by Gasteiger charge is 2.20. The molecule has 0 heterocycles. The second-order valence-electron chi connectivity index (χ2n) is 7.33. The number of anilines is 1. The van der Waals surface area contributed by atoms with E-state index in [9.17, 15) is 14.4 Å². The third-order valence-electron chi connectivity index (χ3n) is 4.78. The van der Waals surface area contributed by atoms with Gasteiger partial charge in [-0.3, -0.25) is 14.4 Å². The fourth-order valence-corrected chi connectivity index (χ4v) is 3.25. The molecule has 0 spiro atoms. The molecule has 1 unspecified atom stereocenters. The van der Waals surface area contributed by atoms with Crippen LogP contribution in [0.2, 0.25) is 5.02 Å². The highest BCUT2D eigenvalue weighted by Crippen LogP contribution is 2.31. The summed E-state index contributed by atoms with van der Waals surface area (Å²) in [6, 6.07) is 20.5. The average Bonchev–Trinajstić information content (AvgIpc) is 2.84. The SMILES string of the molecule is COc1ccccc1Oc1ccc(NC(=O)CCC(=O)OC(C)C(=O)c2cccc(Cl)c2)cc1. The molecule has 0 saturated carbocycles. The molecule has 3 aromatic rings. The Balaban J connectivity index is 1.45. The van der Waals surface area contributed by atoms with Gasteiger partial charge < -0.3 is 19.5 Å². The molecule has 0 aliphatic rings. The Morgan fingerprint density at radius 3 is 2.29 bits per heavy atom. The lowest BCUT2D eigenvalue weighted by Gasteiger charge is -2.13. The summed E-state index contributed by atoms with van der Waals surface area (Å²) in [5.74, 6) is 0.390. The monoisotopic (exact) mass is 481 g/mol. The van der Waals surface area contributed by atoms with Crippen LogP contribution >= 0.6 is 11.6 Å². The number of halogens is 1. The first-order chi connectivity index (χ1) is 16.4. The third kappa shape index (κ3) is 7.08. The molecule has 1 atom stereocenters. The molecule has 1 amide bonds. The van der Waals surface area contributed by atoms with Crippen LogP contribution < -0.4 is 14.8 Å². The number of ketones is 1. The van der Waals surface area contributed by atoms with E-state index in [0.717, 1.165) is 0 Å². The van der Waals surface area contributed by atoms with E-state index in [0.29, 0.717) is 33.5 Å². The van der Waals surface area contributed by atoms with Gasteiger partial charge in [0.05, 0.1) is 13.5 Å². The molecule has 7 nitrogen and oxygen atoms in total. The number of carbonyl (C=O) groups is 3. The zero-order valence-corrected chi connectivity index (χ0v) is 19.5. The normalized spacial score (nSPS) is 11.3. The van der Waals surface area contributed by atoms with Crippen molar-refractivity contribution < 1.29 is 28.6 Å². The van der Waals surface area contributed by atoms with Gasteiger partial charge in [0.1, 0.15) is 5.75 Å². The largest absolute Gasteiger partial charge is 0.493 e. The lowest BCUT2D eigenvalue weighted by molar-refractivity contribution is -0.147. The number of esters is 1. The molecule has 0 saturated heterocycles. The Morgan fingerprint density at radius 1 is 0.912 bits per heavy atom. The number of rotatable bonds is 10. The van der Waals surface area contributed by atoms with Gasteiger partial charge in [0, 0.05) is 22.7 Å². The van der Waals surface area contributed by atoms with Crippen molar-refractivity contribution >= 4 is 34.9 Å². The summed E-state index contributed by atoms with van der Waals surface area (Å²) < 4.78 is 16.2. The molecular formula is C26H24ClNO6. The maximum absolute atomic E-state index is 12.4. The van der Waals surface area contributed by atoms with E-state index in [1.54, 1.807) is 61.7 Å². The van der Waals surface area contributed by atoms with Crippen LogP contribution in [0, 0.1) is 0 Å². The van der Waals surface area contributed by atoms with Crippen LogP contribution in [0.15, 0.2) is 72.8 Å². The maximum atomic E-state index is 12.4. The summed E-state index contributed by atoms with van der Waals surface area (Å²) in [6.07, 6.45) is -1.23. The standard InChI is InChI=1S/C26H24ClNO6/c1-17(26(31)18-6-5-7-19(27)16-18)33-25(30)15-14-24(29)28-20-10-12-21(13-11-20)34-23-9-4-3-8-22(23)32-2/h3-13,16-17H,14-15H2,1-2H3,(H,28,29). The fourth-order valence-electron chi connectivity index (χ4n) is 3.06. The molecule has 3 aromatic carbocycles. The van der Waals surface area contributed by atoms with Crippen LogP contribution in [0.5, 0.6) is 17.2 Å². The van der Waals surface area contributed by atoms with Crippen LogP contribution in [0.25, 0.3) is 0 Å². The van der Waals surface area contributed by atoms with Crippen molar-refractivity contribution in [2.45, 2.75) is 25.9 Å². The van der Waals surface area contributed by atoms with Crippen LogP contribution in [0.1, 0.15) is 30.1 Å². The lowest BCUT2D eigenvalue weighted by atomic mass is 10.1. The predicted octanol–water partition coefficient (Wildman–Crippen LogP) is 5.67. The molecule has 1 N–H and O–H groups in total. The Hall–Kier alpha value is -3.84. The summed E-state index contributed by atoms with van der Waals surface area (Å²) in [5.41, 5.74) is 0.902. The van der Waals surface area contributed by atoms with Crippen LogP contribution in [-0.4, -0.2) is 30.9 Å². The highest BCUT2D eigenvalue weighted by atomic mass is 35.5. The van der Waals surface area contributed by atoms with Crippen molar-refractivity contribution in [3.05, 3.63) is 83.4 Å². The van der Waals surface area contributed by atoms with Crippen molar-refractivity contribution in [3.63, 3.8) is 0 Å². The zero-order chi connectivity index (χ0) is 24.5. The number of amides is 1. The Bertz CT molecular complexity index is 1160. The fraction of sp³-hybridized carbons (Fsp3) is 0.192. The van der Waals surface area contributed by atoms with Crippen molar-refractivity contribution in [2.24, 2.45) is 0 Å². The minimum atomic E-state index is -0.982. The minimum Gasteiger partial charge on any atom is -0.493 e. The Morgan fingerprint density at radius 2 is 1.62 bits per heavy atom. The first-order valence-electron chi connectivity index (χ1n) is 10.6. The smallest absolute Gasteiger partial charge is 0.307 e. The number of hydrogen-bond donors (Lipinski definition) is 1. The van der Waals surface area contributed by atoms with E-state index in [1.165, 1.54) is 13.0 Å². The number of methoxy groups -OCH3 is 1. The third-order valence-corrected chi connectivity index (χ3v) is 5.01. The van der Waals surface area contributed by atoms with Gasteiger partial charge in [-0.1, -0.05) is 35.9 Å². The quantitative estimate of drug-likeness (QED) is 0.296. The Labute approximate surface area is 202 Å². The van der Waals surface area contributed by atoms with Gasteiger partial charge >= 0.3 is 5.97 Å². The molecule has 34 heavy (non-hydrogen) atoms. The van der Waals surface area contributed by atoms with Gasteiger partial charge in [0.25, 0.3) is 0 Å². The summed E-state index contributed by atoms with van der Waals surface area (Å²) >= 11 is 5.89. The summed E-state index contributed by atoms with van der Waals surface area (Å²) in [7, 11) is 1.56. The van der Waals surface area contributed by atoms with E-state index in [-0.39, 0.29) is 24.5 Å². The van der Waals surface area contributed by atoms with Gasteiger partial charge in [-0.25, -0.2) is 0 Å². The van der Waals surface area contributed by atoms with E-state index in [4.69, 9.17) is 25.8 Å². The predicted molar refractivity (Wildman–Crippen MR) is 129 cm³/mol. The molecule has 0 fully saturated rings. The number of Topliss-reactive ketones (excluding diaryl/α,β-unsaturated/α-hetero) is 1. The number of para-hydroxylation sites is 2. The minimum absolute atomic E-state index is 0.0869. The number of hydrogen-bond acceptors (Lipinski definition) is 6. The molecule has 8 heteroatoms. The van der Waals surface area contributed by atoms with E-state index in [2.05, 4.69) is 5.32 Å². The van der Waals surface area contributed by atoms with Gasteiger partial charge in [-0.2, -0.15) is 0 Å². The van der Waals surface area contributed by atoms with E-state index >= 15 is 0 Å². The topological polar surface area (TPSA) is 90.9 Å². The van der Waals surface area contributed by atoms with Crippen LogP contribution in [-0.2, 0) is 14.3 Å². The first-order valence-corrected chi connectivity index (χ1v) is 10.9. The number of carbonyl (C=O) groups excluding carboxylic acids is 3. The summed E-state index contributed by atoms with van der Waals surface area (Å²) in [6.45, 7) is 1.48. The molecule has 176 valence electrons. The molecule has 0 radical (unpaired) electrons. The molecule has 0 aliphatic heterocycles. The molecular weight excluding hydrogens is 458 g/mol. The van der Waals surface area contributed by atoms with E-state index < -0.39 is 12.1 Å². The molecule has 0 aromatic heterocycles. The average molecular weight is 482 g/mol. The van der Waals surface area contributed by atoms with Crippen molar-refractivity contribution in [1.82, 2.24) is 0 Å². The zero-order valence-electron chi connectivity index (χ0n) is 18.7. The molecule has 3 rings (SSSR count). The van der Waals surface area contributed by atoms with Crippen molar-refractivity contribution in [1.29, 1.82) is 0 Å². The lowest BCUT2D eigenvalue weighted by Crippen LogP contribution is -2.25. The molecule has 0 aliphatic carbocycles. The number of nitrogens with one attached hydrogen (secondary N) is 1. The van der Waals surface area contributed by atoms with Gasteiger partial charge in [-0.15, -0.1) is 0 Å². The second-order valence-corrected chi connectivity index (χ2v) is 7.77. The number of ether oxygens (including phenoxy) is 3. The maximum Gasteiger partial charge on any atom is 0.307 e. The van der Waals surface area contributed by atoms with Gasteiger partial charge in [-0.05, 0) is 55.5 Å². The Kier molecular flexibility index (Phi) is 8.65. The van der Waals surface area contributed by atoms with E-state index in [1.807, 2.05) is 12.1 Å². The number of benzene rings is 3. The van der Waals surface area contributed by atoms with Crippen molar-refractivity contribution in [2.75, 3.05) is 12.4 Å². The molecule has 0 bridgehead atoms. The van der Waals surface area contributed by atoms with Crippen molar-refractivity contribution in [3.8, 4) is 17.2 Å². The van der Waals surface area contributed by atoms with Gasteiger partial charge in [0.2, 0.25) is 11.7 Å². The summed E-state index contributed by atoms with van der Waals surface area (Å²) in [5, 5.41) is 3.13. The van der Waals surface area contributed by atoms with Gasteiger partial charge in [0.15, 0.2) is 17.6 Å². The highest BCUT2D eigenvalue weighted by molar-refractivity contribution is 6.31. The van der Waals surface area contributed by atoms with Crippen LogP contribution in [0.4, 0.5) is 5.69 Å². The second kappa shape index (κ2) is 11.9. The summed E-state index contributed by atoms with van der Waals surface area (Å²) in [4.78, 5) is 36.6.